The smallest absolute Gasteiger partial charge is 0.276 e. The zero-order valence-corrected chi connectivity index (χ0v) is 10.3. The van der Waals surface area contributed by atoms with Gasteiger partial charge < -0.3 is 10.6 Å². The van der Waals surface area contributed by atoms with Crippen LogP contribution in [0.25, 0.3) is 0 Å². The van der Waals surface area contributed by atoms with Gasteiger partial charge in [0, 0.05) is 25.8 Å². The van der Waals surface area contributed by atoms with E-state index in [2.05, 4.69) is 11.2 Å². The number of nitrogen functional groups attached to an aromatic ring is 1. The Morgan fingerprint density at radius 1 is 1.59 bits per heavy atom. The molecule has 0 bridgehead atoms. The van der Waals surface area contributed by atoms with Gasteiger partial charge in [-0.05, 0) is 20.3 Å². The molecule has 92 valence electrons. The largest absolute Gasteiger partial charge is 0.396 e. The molecule has 0 unspecified atom stereocenters. The first-order valence-corrected chi connectivity index (χ1v) is 5.89. The average molecular weight is 234 g/mol. The Balaban J connectivity index is 2.19. The van der Waals surface area contributed by atoms with E-state index in [-0.39, 0.29) is 5.91 Å². The third-order valence-corrected chi connectivity index (χ3v) is 2.94. The van der Waals surface area contributed by atoms with Gasteiger partial charge in [0.25, 0.3) is 5.91 Å². The minimum atomic E-state index is -0.0675. The van der Waals surface area contributed by atoms with Gasteiger partial charge in [-0.1, -0.05) is 11.6 Å². The fourth-order valence-electron chi connectivity index (χ4n) is 2.00. The van der Waals surface area contributed by atoms with Crippen molar-refractivity contribution in [3.63, 3.8) is 0 Å². The summed E-state index contributed by atoms with van der Waals surface area (Å²) < 4.78 is 1.69. The Bertz CT molecular complexity index is 461. The number of amides is 1. The molecule has 1 amide bonds. The second-order valence-corrected chi connectivity index (χ2v) is 4.35. The van der Waals surface area contributed by atoms with Gasteiger partial charge >= 0.3 is 0 Å². The first-order chi connectivity index (χ1) is 8.11. The Kier molecular flexibility index (Phi) is 3.17. The number of aryl methyl sites for hydroxylation is 1. The summed E-state index contributed by atoms with van der Waals surface area (Å²) in [6.45, 7) is 6.14. The molecule has 0 saturated heterocycles. The van der Waals surface area contributed by atoms with Gasteiger partial charge in [0.05, 0.1) is 5.69 Å². The van der Waals surface area contributed by atoms with Gasteiger partial charge in [0.1, 0.15) is 0 Å². The van der Waals surface area contributed by atoms with E-state index in [1.165, 1.54) is 5.57 Å². The molecule has 0 aliphatic carbocycles. The predicted octanol–water partition coefficient (Wildman–Crippen LogP) is 1.28. The number of carbonyl (C=O) groups excluding carboxylic acids is 1. The van der Waals surface area contributed by atoms with E-state index in [1.807, 2.05) is 13.8 Å². The normalized spacial score (nSPS) is 15.9. The number of hydrogen-bond acceptors (Lipinski definition) is 3. The van der Waals surface area contributed by atoms with Gasteiger partial charge in [0.2, 0.25) is 0 Å². The predicted molar refractivity (Wildman–Crippen MR) is 66.6 cm³/mol. The number of aromatic nitrogens is 2. The Morgan fingerprint density at radius 3 is 2.94 bits per heavy atom. The average Bonchev–Trinajstić information content (AvgIpc) is 2.69. The van der Waals surface area contributed by atoms with E-state index in [9.17, 15) is 4.79 Å². The minimum Gasteiger partial charge on any atom is -0.396 e. The standard InChI is InChI=1S/C12H18N4O/c1-3-16-8-10(13)11(14-16)12(17)15-6-4-5-9(2)7-15/h5,8H,3-4,6-7,13H2,1-2H3. The summed E-state index contributed by atoms with van der Waals surface area (Å²) in [5.74, 6) is -0.0675. The maximum Gasteiger partial charge on any atom is 0.276 e. The molecule has 1 aliphatic heterocycles. The van der Waals surface area contributed by atoms with Crippen LogP contribution in [0.3, 0.4) is 0 Å². The number of hydrogen-bond donors (Lipinski definition) is 1. The van der Waals surface area contributed by atoms with Crippen LogP contribution in [0.5, 0.6) is 0 Å². The summed E-state index contributed by atoms with van der Waals surface area (Å²) in [6.07, 6.45) is 4.78. The molecule has 0 radical (unpaired) electrons. The lowest BCUT2D eigenvalue weighted by Gasteiger charge is -2.25. The van der Waals surface area contributed by atoms with E-state index < -0.39 is 0 Å². The van der Waals surface area contributed by atoms with Crippen LogP contribution in [-0.2, 0) is 6.54 Å². The third-order valence-electron chi connectivity index (χ3n) is 2.94. The lowest BCUT2D eigenvalue weighted by Crippen LogP contribution is -2.36. The Labute approximate surface area is 101 Å². The summed E-state index contributed by atoms with van der Waals surface area (Å²) in [5.41, 5.74) is 7.87. The van der Waals surface area contributed by atoms with Crippen molar-refractivity contribution in [2.24, 2.45) is 0 Å². The lowest BCUT2D eigenvalue weighted by molar-refractivity contribution is 0.0760. The summed E-state index contributed by atoms with van der Waals surface area (Å²) in [5, 5.41) is 4.21. The van der Waals surface area contributed by atoms with Crippen molar-refractivity contribution in [1.82, 2.24) is 14.7 Å². The van der Waals surface area contributed by atoms with E-state index in [0.717, 1.165) is 19.5 Å². The van der Waals surface area contributed by atoms with Gasteiger partial charge in [-0.25, -0.2) is 0 Å². The van der Waals surface area contributed by atoms with E-state index >= 15 is 0 Å². The van der Waals surface area contributed by atoms with Crippen molar-refractivity contribution in [1.29, 1.82) is 0 Å². The van der Waals surface area contributed by atoms with Crippen molar-refractivity contribution in [3.8, 4) is 0 Å². The van der Waals surface area contributed by atoms with Gasteiger partial charge in [0.15, 0.2) is 5.69 Å². The number of anilines is 1. The fraction of sp³-hybridized carbons (Fsp3) is 0.500. The van der Waals surface area contributed by atoms with E-state index in [4.69, 9.17) is 5.73 Å². The van der Waals surface area contributed by atoms with E-state index in [0.29, 0.717) is 17.9 Å². The molecule has 2 rings (SSSR count). The van der Waals surface area contributed by atoms with Crippen LogP contribution in [0.15, 0.2) is 17.8 Å². The molecule has 17 heavy (non-hydrogen) atoms. The molecule has 2 N–H and O–H groups in total. The van der Waals surface area contributed by atoms with Gasteiger partial charge in [-0.2, -0.15) is 5.10 Å². The minimum absolute atomic E-state index is 0.0675. The number of rotatable bonds is 2. The molecule has 5 heteroatoms. The van der Waals surface area contributed by atoms with Crippen molar-refractivity contribution >= 4 is 11.6 Å². The third kappa shape index (κ3) is 2.33. The first-order valence-electron chi connectivity index (χ1n) is 5.89. The van der Waals surface area contributed by atoms with Gasteiger partial charge in [-0.15, -0.1) is 0 Å². The molecule has 1 aromatic heterocycles. The van der Waals surface area contributed by atoms with E-state index in [1.54, 1.807) is 15.8 Å². The molecular formula is C12H18N4O. The quantitative estimate of drug-likeness (QED) is 0.784. The van der Waals surface area contributed by atoms with Crippen LogP contribution in [0, 0.1) is 0 Å². The van der Waals surface area contributed by atoms with Crippen LogP contribution in [0.2, 0.25) is 0 Å². The number of carbonyl (C=O) groups is 1. The summed E-state index contributed by atoms with van der Waals surface area (Å²) in [4.78, 5) is 14.0. The first kappa shape index (κ1) is 11.7. The highest BCUT2D eigenvalue weighted by Crippen LogP contribution is 2.16. The zero-order valence-electron chi connectivity index (χ0n) is 10.3. The maximum absolute atomic E-state index is 12.2. The van der Waals surface area contributed by atoms with Crippen molar-refractivity contribution in [2.75, 3.05) is 18.8 Å². The van der Waals surface area contributed by atoms with Crippen LogP contribution >= 0.6 is 0 Å². The summed E-state index contributed by atoms with van der Waals surface area (Å²) in [6, 6.07) is 0. The second kappa shape index (κ2) is 4.61. The SMILES string of the molecule is CCn1cc(N)c(C(=O)N2CCC=C(C)C2)n1. The van der Waals surface area contributed by atoms with Crippen LogP contribution in [0.4, 0.5) is 5.69 Å². The van der Waals surface area contributed by atoms with Crippen molar-refractivity contribution in [3.05, 3.63) is 23.5 Å². The highest BCUT2D eigenvalue weighted by molar-refractivity contribution is 5.97. The molecule has 0 atom stereocenters. The molecule has 0 aromatic carbocycles. The Morgan fingerprint density at radius 2 is 2.35 bits per heavy atom. The number of nitrogens with zero attached hydrogens (tertiary/aromatic N) is 3. The summed E-state index contributed by atoms with van der Waals surface area (Å²) in [7, 11) is 0. The topological polar surface area (TPSA) is 64.2 Å². The Hall–Kier alpha value is -1.78. The zero-order chi connectivity index (χ0) is 12.4. The molecule has 1 aromatic rings. The highest BCUT2D eigenvalue weighted by Gasteiger charge is 2.22. The monoisotopic (exact) mass is 234 g/mol. The molecular weight excluding hydrogens is 216 g/mol. The molecule has 0 spiro atoms. The summed E-state index contributed by atoms with van der Waals surface area (Å²) >= 11 is 0. The lowest BCUT2D eigenvalue weighted by atomic mass is 10.1. The maximum atomic E-state index is 12.2. The van der Waals surface area contributed by atoms with Gasteiger partial charge in [-0.3, -0.25) is 9.48 Å². The van der Waals surface area contributed by atoms with Crippen molar-refractivity contribution < 1.29 is 4.79 Å². The van der Waals surface area contributed by atoms with Crippen molar-refractivity contribution in [2.45, 2.75) is 26.8 Å². The number of nitrogens with two attached hydrogens (primary N) is 1. The van der Waals surface area contributed by atoms with Crippen LogP contribution in [0.1, 0.15) is 30.8 Å². The molecule has 0 saturated carbocycles. The molecule has 0 fully saturated rings. The molecule has 5 nitrogen and oxygen atoms in total. The second-order valence-electron chi connectivity index (χ2n) is 4.35. The fourth-order valence-corrected chi connectivity index (χ4v) is 2.00. The molecule has 2 heterocycles. The van der Waals surface area contributed by atoms with Crippen LogP contribution in [-0.4, -0.2) is 33.7 Å². The highest BCUT2D eigenvalue weighted by atomic mass is 16.2. The van der Waals surface area contributed by atoms with Crippen LogP contribution < -0.4 is 5.73 Å². The molecule has 1 aliphatic rings.